The second-order valence-electron chi connectivity index (χ2n) is 6.45. The van der Waals surface area contributed by atoms with Crippen LogP contribution in [-0.2, 0) is 0 Å². The zero-order chi connectivity index (χ0) is 18.3. The van der Waals surface area contributed by atoms with Gasteiger partial charge in [-0.3, -0.25) is 0 Å². The molecule has 0 fully saturated rings. The molecule has 0 bridgehead atoms. The maximum Gasteiger partial charge on any atom is 0.256 e. The van der Waals surface area contributed by atoms with Crippen LogP contribution in [0.2, 0.25) is 0 Å². The Morgan fingerprint density at radius 1 is 0.889 bits per heavy atom. The van der Waals surface area contributed by atoms with E-state index in [1.54, 1.807) is 11.8 Å². The van der Waals surface area contributed by atoms with Gasteiger partial charge < -0.3 is 9.64 Å². The van der Waals surface area contributed by atoms with Crippen molar-refractivity contribution in [1.29, 1.82) is 0 Å². The summed E-state index contributed by atoms with van der Waals surface area (Å²) in [7, 11) is 2.07. The van der Waals surface area contributed by atoms with Crippen molar-refractivity contribution >= 4 is 34.9 Å². The number of nitrogens with zero attached hydrogens (tertiary/aromatic N) is 3. The maximum absolute atomic E-state index is 6.42. The summed E-state index contributed by atoms with van der Waals surface area (Å²) in [6.07, 6.45) is 4.22. The van der Waals surface area contributed by atoms with E-state index in [2.05, 4.69) is 58.6 Å². The van der Waals surface area contributed by atoms with Gasteiger partial charge in [0.1, 0.15) is 5.75 Å². The number of likely N-dealkylation sites (N-methyl/N-ethyl adjacent to an activating group) is 1. The molecule has 0 N–H and O–H groups in total. The highest BCUT2D eigenvalue weighted by Gasteiger charge is 2.44. The van der Waals surface area contributed by atoms with Crippen molar-refractivity contribution in [2.75, 3.05) is 11.9 Å². The Kier molecular flexibility index (Phi) is 3.76. The third-order valence-corrected chi connectivity index (χ3v) is 6.06. The first-order chi connectivity index (χ1) is 13.2. The van der Waals surface area contributed by atoms with Crippen molar-refractivity contribution in [3.63, 3.8) is 0 Å². The summed E-state index contributed by atoms with van der Waals surface area (Å²) in [6, 6.07) is 24.0. The van der Waals surface area contributed by atoms with Crippen LogP contribution in [0.3, 0.4) is 0 Å². The molecule has 132 valence electrons. The number of thioether (sulfide) groups is 1. The molecule has 2 aliphatic rings. The van der Waals surface area contributed by atoms with Gasteiger partial charge in [0.05, 0.1) is 17.1 Å². The topological polar surface area (TPSA) is 37.2 Å². The van der Waals surface area contributed by atoms with E-state index < -0.39 is 5.06 Å². The Hall–Kier alpha value is -3.05. The third kappa shape index (κ3) is 2.80. The molecule has 0 amide bonds. The zero-order valence-electron chi connectivity index (χ0n) is 14.7. The van der Waals surface area contributed by atoms with E-state index in [-0.39, 0.29) is 0 Å². The average Bonchev–Trinajstić information content (AvgIpc) is 2.99. The number of benzene rings is 3. The second kappa shape index (κ2) is 6.28. The molecular formula is C22H17N3OS. The van der Waals surface area contributed by atoms with Gasteiger partial charge in [0.15, 0.2) is 0 Å². The van der Waals surface area contributed by atoms with Crippen LogP contribution in [0, 0.1) is 0 Å². The average molecular weight is 371 g/mol. The van der Waals surface area contributed by atoms with Crippen molar-refractivity contribution < 1.29 is 4.74 Å². The van der Waals surface area contributed by atoms with Gasteiger partial charge in [-0.25, -0.2) is 0 Å². The first kappa shape index (κ1) is 16.1. The van der Waals surface area contributed by atoms with Gasteiger partial charge >= 0.3 is 0 Å². The highest BCUT2D eigenvalue weighted by atomic mass is 32.2. The standard InChI is InChI=1S/C22H17N3OS/c1-25-19-9-5-6-10-21(19)27-22(25)14-13-16-15-18(11-12-20(16)26-22)24-23-17-7-3-2-4-8-17/h2-15H,1H3. The van der Waals surface area contributed by atoms with Crippen LogP contribution in [0.1, 0.15) is 5.56 Å². The minimum atomic E-state index is -0.538. The highest BCUT2D eigenvalue weighted by Crippen LogP contribution is 2.52. The summed E-state index contributed by atoms with van der Waals surface area (Å²) >= 11 is 1.72. The fourth-order valence-electron chi connectivity index (χ4n) is 3.27. The number of anilines is 1. The molecule has 1 atom stereocenters. The Labute approximate surface area is 162 Å². The molecule has 0 saturated carbocycles. The van der Waals surface area contributed by atoms with Crippen LogP contribution < -0.4 is 9.64 Å². The molecule has 0 aromatic heterocycles. The molecular weight excluding hydrogens is 354 g/mol. The van der Waals surface area contributed by atoms with Crippen LogP contribution in [0.15, 0.2) is 94.0 Å². The van der Waals surface area contributed by atoms with E-state index in [0.717, 1.165) is 22.7 Å². The first-order valence-corrected chi connectivity index (χ1v) is 9.56. The SMILES string of the molecule is CN1c2ccccc2SC12C=Cc1cc(N=Nc3ccccc3)ccc1O2. The van der Waals surface area contributed by atoms with Gasteiger partial charge in [0.25, 0.3) is 5.06 Å². The normalized spacial score (nSPS) is 20.0. The van der Waals surface area contributed by atoms with E-state index in [9.17, 15) is 0 Å². The minimum absolute atomic E-state index is 0.538. The van der Waals surface area contributed by atoms with Gasteiger partial charge in [0, 0.05) is 17.5 Å². The van der Waals surface area contributed by atoms with E-state index in [0.29, 0.717) is 0 Å². The lowest BCUT2D eigenvalue weighted by atomic mass is 10.1. The molecule has 1 unspecified atom stereocenters. The molecule has 1 spiro atoms. The highest BCUT2D eigenvalue weighted by molar-refractivity contribution is 8.01. The van der Waals surface area contributed by atoms with Gasteiger partial charge in [0.2, 0.25) is 0 Å². The lowest BCUT2D eigenvalue weighted by Crippen LogP contribution is -2.45. The lowest BCUT2D eigenvalue weighted by molar-refractivity contribution is 0.215. The Morgan fingerprint density at radius 3 is 2.52 bits per heavy atom. The molecule has 27 heavy (non-hydrogen) atoms. The number of hydrogen-bond donors (Lipinski definition) is 0. The molecule has 2 aliphatic heterocycles. The minimum Gasteiger partial charge on any atom is -0.454 e. The molecule has 0 saturated heterocycles. The van der Waals surface area contributed by atoms with Crippen molar-refractivity contribution in [2.24, 2.45) is 10.2 Å². The fraction of sp³-hybridized carbons (Fsp3) is 0.0909. The number of rotatable bonds is 2. The summed E-state index contributed by atoms with van der Waals surface area (Å²) in [6.45, 7) is 0. The van der Waals surface area contributed by atoms with Crippen LogP contribution in [-0.4, -0.2) is 12.1 Å². The van der Waals surface area contributed by atoms with Crippen molar-refractivity contribution in [3.8, 4) is 5.75 Å². The number of para-hydroxylation sites is 1. The van der Waals surface area contributed by atoms with Crippen molar-refractivity contribution in [2.45, 2.75) is 9.95 Å². The van der Waals surface area contributed by atoms with Crippen LogP contribution in [0.25, 0.3) is 6.08 Å². The van der Waals surface area contributed by atoms with Gasteiger partial charge in [-0.05, 0) is 66.4 Å². The van der Waals surface area contributed by atoms with Crippen LogP contribution in [0.4, 0.5) is 17.1 Å². The third-order valence-electron chi connectivity index (χ3n) is 4.71. The number of azo groups is 1. The smallest absolute Gasteiger partial charge is 0.256 e. The Bertz CT molecular complexity index is 1060. The second-order valence-corrected chi connectivity index (χ2v) is 7.68. The summed E-state index contributed by atoms with van der Waals surface area (Å²) in [5.41, 5.74) is 3.83. The first-order valence-electron chi connectivity index (χ1n) is 8.74. The molecule has 5 heteroatoms. The molecule has 4 nitrogen and oxygen atoms in total. The van der Waals surface area contributed by atoms with E-state index in [1.165, 1.54) is 10.6 Å². The summed E-state index contributed by atoms with van der Waals surface area (Å²) in [4.78, 5) is 3.40. The Morgan fingerprint density at radius 2 is 1.67 bits per heavy atom. The van der Waals surface area contributed by atoms with Crippen molar-refractivity contribution in [3.05, 3.63) is 84.4 Å². The quantitative estimate of drug-likeness (QED) is 0.489. The molecule has 5 rings (SSSR count). The number of ether oxygens (including phenoxy) is 1. The van der Waals surface area contributed by atoms with E-state index in [1.807, 2.05) is 48.5 Å². The molecule has 2 heterocycles. The summed E-state index contributed by atoms with van der Waals surface area (Å²) < 4.78 is 6.42. The number of hydrogen-bond acceptors (Lipinski definition) is 5. The fourth-order valence-corrected chi connectivity index (χ4v) is 4.54. The maximum atomic E-state index is 6.42. The summed E-state index contributed by atoms with van der Waals surface area (Å²) in [5, 5.41) is 8.09. The predicted molar refractivity (Wildman–Crippen MR) is 110 cm³/mol. The number of fused-ring (bicyclic) bond motifs is 2. The monoisotopic (exact) mass is 371 g/mol. The molecule has 3 aromatic rings. The molecule has 0 radical (unpaired) electrons. The summed E-state index contributed by atoms with van der Waals surface area (Å²) in [5.74, 6) is 0.850. The van der Waals surface area contributed by atoms with E-state index >= 15 is 0 Å². The van der Waals surface area contributed by atoms with Crippen LogP contribution >= 0.6 is 11.8 Å². The molecule has 0 aliphatic carbocycles. The van der Waals surface area contributed by atoms with Gasteiger partial charge in [-0.1, -0.05) is 30.3 Å². The van der Waals surface area contributed by atoms with Gasteiger partial charge in [-0.15, -0.1) is 0 Å². The van der Waals surface area contributed by atoms with Gasteiger partial charge in [-0.2, -0.15) is 10.2 Å². The predicted octanol–water partition coefficient (Wildman–Crippen LogP) is 6.40. The van der Waals surface area contributed by atoms with Crippen molar-refractivity contribution in [1.82, 2.24) is 0 Å². The Balaban J connectivity index is 1.42. The largest absolute Gasteiger partial charge is 0.454 e. The lowest BCUT2D eigenvalue weighted by Gasteiger charge is -2.36. The molecule has 3 aromatic carbocycles. The van der Waals surface area contributed by atoms with E-state index in [4.69, 9.17) is 4.74 Å². The zero-order valence-corrected chi connectivity index (χ0v) is 15.6. The van der Waals surface area contributed by atoms with Crippen LogP contribution in [0.5, 0.6) is 5.75 Å².